The van der Waals surface area contributed by atoms with E-state index < -0.39 is 0 Å². The predicted molar refractivity (Wildman–Crippen MR) is 134 cm³/mol. The van der Waals surface area contributed by atoms with Crippen LogP contribution in [-0.2, 0) is 17.9 Å². The molecule has 186 valence electrons. The highest BCUT2D eigenvalue weighted by Gasteiger charge is 2.04. The molecule has 0 unspecified atom stereocenters. The Morgan fingerprint density at radius 1 is 0.941 bits per heavy atom. The van der Waals surface area contributed by atoms with E-state index in [0.717, 1.165) is 63.8 Å². The molecule has 0 radical (unpaired) electrons. The molecule has 0 atom stereocenters. The fourth-order valence-electron chi connectivity index (χ4n) is 3.57. The Bertz CT molecular complexity index is 991. The van der Waals surface area contributed by atoms with Crippen molar-refractivity contribution in [3.63, 3.8) is 0 Å². The topological polar surface area (TPSA) is 160 Å². The van der Waals surface area contributed by atoms with Gasteiger partial charge in [0.2, 0.25) is 11.5 Å². The number of rotatable bonds is 15. The maximum Gasteiger partial charge on any atom is 0.245 e. The number of carbonyl (C=O) groups is 1. The van der Waals surface area contributed by atoms with E-state index >= 15 is 0 Å². The third kappa shape index (κ3) is 9.93. The van der Waals surface area contributed by atoms with Crippen LogP contribution < -0.4 is 27.1 Å². The van der Waals surface area contributed by atoms with E-state index in [4.69, 9.17) is 27.0 Å². The Kier molecular flexibility index (Phi) is 11.4. The van der Waals surface area contributed by atoms with Gasteiger partial charge >= 0.3 is 0 Å². The van der Waals surface area contributed by atoms with Crippen LogP contribution in [0.2, 0.25) is 0 Å². The molecule has 1 aromatic heterocycles. The second-order valence-corrected chi connectivity index (χ2v) is 8.22. The third-order valence-electron chi connectivity index (χ3n) is 5.32. The molecule has 0 aliphatic carbocycles. The number of guanidine groups is 1. The van der Waals surface area contributed by atoms with Gasteiger partial charge in [0.1, 0.15) is 11.6 Å². The van der Waals surface area contributed by atoms with Gasteiger partial charge in [-0.15, -0.1) is 0 Å². The van der Waals surface area contributed by atoms with E-state index in [-0.39, 0.29) is 17.7 Å². The van der Waals surface area contributed by atoms with Gasteiger partial charge in [-0.1, -0.05) is 25.7 Å². The molecular formula is C24H38N8O2. The Labute approximate surface area is 201 Å². The average Bonchev–Trinajstić information content (AvgIpc) is 3.16. The van der Waals surface area contributed by atoms with Crippen LogP contribution in [0.25, 0.3) is 0 Å². The van der Waals surface area contributed by atoms with Crippen molar-refractivity contribution in [1.29, 1.82) is 10.8 Å². The smallest absolute Gasteiger partial charge is 0.245 e. The minimum absolute atomic E-state index is 0.0312. The van der Waals surface area contributed by atoms with Gasteiger partial charge in [-0.25, -0.2) is 0 Å². The monoisotopic (exact) mass is 470 g/mol. The first-order valence-corrected chi connectivity index (χ1v) is 11.8. The summed E-state index contributed by atoms with van der Waals surface area (Å²) in [5, 5.41) is 17.4. The highest BCUT2D eigenvalue weighted by atomic mass is 16.5. The zero-order valence-electron chi connectivity index (χ0n) is 20.1. The zero-order chi connectivity index (χ0) is 24.8. The molecule has 1 heterocycles. The molecule has 7 N–H and O–H groups in total. The second-order valence-electron chi connectivity index (χ2n) is 8.22. The lowest BCUT2D eigenvalue weighted by molar-refractivity contribution is -0.116. The van der Waals surface area contributed by atoms with E-state index in [1.807, 2.05) is 21.5 Å². The minimum Gasteiger partial charge on any atom is -0.494 e. The molecule has 0 aliphatic rings. The molecule has 1 aromatic carbocycles. The second kappa shape index (κ2) is 14.6. The Morgan fingerprint density at radius 2 is 1.53 bits per heavy atom. The van der Waals surface area contributed by atoms with Gasteiger partial charge in [0.25, 0.3) is 0 Å². The predicted octanol–water partition coefficient (Wildman–Crippen LogP) is 2.31. The summed E-state index contributed by atoms with van der Waals surface area (Å²) in [6.45, 7) is 4.27. The van der Waals surface area contributed by atoms with Crippen molar-refractivity contribution in [2.75, 3.05) is 13.2 Å². The van der Waals surface area contributed by atoms with Gasteiger partial charge in [-0.2, -0.15) is 4.99 Å². The van der Waals surface area contributed by atoms with Crippen molar-refractivity contribution in [2.45, 2.75) is 65.0 Å². The van der Waals surface area contributed by atoms with Crippen molar-refractivity contribution in [3.8, 4) is 5.75 Å². The van der Waals surface area contributed by atoms with Gasteiger partial charge in [-0.05, 0) is 43.5 Å². The largest absolute Gasteiger partial charge is 0.494 e. The molecular weight excluding hydrogens is 432 g/mol. The van der Waals surface area contributed by atoms with Crippen LogP contribution >= 0.6 is 0 Å². The van der Waals surface area contributed by atoms with Gasteiger partial charge < -0.3 is 30.7 Å². The Balaban J connectivity index is 1.75. The quantitative estimate of drug-likeness (QED) is 0.153. The molecule has 2 rings (SSSR count). The van der Waals surface area contributed by atoms with E-state index in [2.05, 4.69) is 10.3 Å². The number of amidine groups is 1. The third-order valence-corrected chi connectivity index (χ3v) is 5.32. The van der Waals surface area contributed by atoms with Crippen LogP contribution in [0.1, 0.15) is 57.4 Å². The van der Waals surface area contributed by atoms with Crippen LogP contribution in [0, 0.1) is 10.8 Å². The molecule has 0 saturated heterocycles. The summed E-state index contributed by atoms with van der Waals surface area (Å²) < 4.78 is 9.81. The average molecular weight is 471 g/mol. The maximum absolute atomic E-state index is 11.7. The van der Waals surface area contributed by atoms with Crippen molar-refractivity contribution < 1.29 is 9.53 Å². The summed E-state index contributed by atoms with van der Waals surface area (Å²) >= 11 is 0. The summed E-state index contributed by atoms with van der Waals surface area (Å²) in [5.41, 5.74) is 12.1. The number of nitrogens with two attached hydrogens (primary N) is 2. The van der Waals surface area contributed by atoms with Crippen molar-refractivity contribution in [1.82, 2.24) is 14.5 Å². The number of ether oxygens (including phenoxy) is 1. The maximum atomic E-state index is 11.7. The Hall–Kier alpha value is -3.56. The van der Waals surface area contributed by atoms with Crippen molar-refractivity contribution >= 4 is 17.7 Å². The van der Waals surface area contributed by atoms with Gasteiger partial charge in [-0.3, -0.25) is 15.6 Å². The van der Waals surface area contributed by atoms with E-state index in [1.54, 1.807) is 24.3 Å². The first-order valence-electron chi connectivity index (χ1n) is 11.8. The molecule has 0 spiro atoms. The molecule has 10 heteroatoms. The van der Waals surface area contributed by atoms with E-state index in [9.17, 15) is 4.79 Å². The Morgan fingerprint density at radius 3 is 2.12 bits per heavy atom. The highest BCUT2D eigenvalue weighted by molar-refractivity contribution is 5.94. The molecule has 0 bridgehead atoms. The molecule has 2 aromatic rings. The van der Waals surface area contributed by atoms with Gasteiger partial charge in [0.15, 0.2) is 5.96 Å². The number of nitrogen functional groups attached to an aromatic ring is 1. The highest BCUT2D eigenvalue weighted by Crippen LogP contribution is 2.12. The molecule has 10 nitrogen and oxygen atoms in total. The lowest BCUT2D eigenvalue weighted by Gasteiger charge is -2.08. The van der Waals surface area contributed by atoms with Crippen LogP contribution in [0.15, 0.2) is 41.7 Å². The number of aromatic nitrogens is 2. The summed E-state index contributed by atoms with van der Waals surface area (Å²) in [6, 6.07) is 7.14. The summed E-state index contributed by atoms with van der Waals surface area (Å²) in [7, 11) is 0. The standard InChI is InChI=1S/C24H38N8O2/c1-19(33)30-24-31(14-7-5-3-2-4-6-13-29-23(27)28)16-17-32(24)15-8-18-34-21-11-9-20(10-12-21)22(25)26/h9-12,16-17H,2-8,13-15,18H2,1H3,(H3,25,26)(H4,27,28,29)/b30-24+. The SMILES string of the molecule is CC(=O)/N=c1\n(CCCCCCCCNC(=N)N)ccn1CCCOc1ccc(C(=N)N)cc1. The first kappa shape index (κ1) is 26.7. The summed E-state index contributed by atoms with van der Waals surface area (Å²) in [4.78, 5) is 15.9. The van der Waals surface area contributed by atoms with Crippen LogP contribution in [0.5, 0.6) is 5.75 Å². The molecule has 0 aliphatic heterocycles. The van der Waals surface area contributed by atoms with Gasteiger partial charge in [0.05, 0.1) is 6.61 Å². The van der Waals surface area contributed by atoms with Crippen LogP contribution in [-0.4, -0.2) is 40.0 Å². The van der Waals surface area contributed by atoms with E-state index in [0.29, 0.717) is 24.3 Å². The van der Waals surface area contributed by atoms with Crippen LogP contribution in [0.4, 0.5) is 0 Å². The van der Waals surface area contributed by atoms with E-state index in [1.165, 1.54) is 6.92 Å². The number of amides is 1. The zero-order valence-corrected chi connectivity index (χ0v) is 20.1. The number of aryl methyl sites for hydroxylation is 2. The molecule has 1 amide bonds. The number of nitrogens with one attached hydrogen (secondary N) is 3. The lowest BCUT2D eigenvalue weighted by Crippen LogP contribution is -2.30. The fraction of sp³-hybridized carbons (Fsp3) is 0.500. The summed E-state index contributed by atoms with van der Waals surface area (Å²) in [6.07, 6.45) is 11.3. The number of imidazole rings is 1. The molecule has 34 heavy (non-hydrogen) atoms. The lowest BCUT2D eigenvalue weighted by atomic mass is 10.1. The number of carbonyl (C=O) groups excluding carboxylic acids is 1. The van der Waals surface area contributed by atoms with Gasteiger partial charge in [0, 0.05) is 44.5 Å². The normalized spacial score (nSPS) is 11.4. The number of nitrogens with zero attached hydrogens (tertiary/aromatic N) is 3. The fourth-order valence-corrected chi connectivity index (χ4v) is 3.57. The minimum atomic E-state index is -0.213. The first-order chi connectivity index (χ1) is 16.4. The van der Waals surface area contributed by atoms with Crippen molar-refractivity contribution in [2.24, 2.45) is 16.5 Å². The molecule has 0 saturated carbocycles. The van der Waals surface area contributed by atoms with Crippen molar-refractivity contribution in [3.05, 3.63) is 47.8 Å². The number of unbranched alkanes of at least 4 members (excludes halogenated alkanes) is 5. The number of benzene rings is 1. The van der Waals surface area contributed by atoms with Crippen LogP contribution in [0.3, 0.4) is 0 Å². The number of hydrogen-bond acceptors (Lipinski definition) is 4. The molecule has 0 fully saturated rings. The summed E-state index contributed by atoms with van der Waals surface area (Å²) in [5.74, 6) is 0.586. The number of hydrogen-bond donors (Lipinski definition) is 5.